The summed E-state index contributed by atoms with van der Waals surface area (Å²) < 4.78 is 0. The quantitative estimate of drug-likeness (QED) is 0.0420. The highest BCUT2D eigenvalue weighted by Gasteiger charge is 2.40. The molecular formula is C44H71N9O11S3. The highest BCUT2D eigenvalue weighted by Crippen LogP contribution is 2.21. The highest BCUT2D eigenvalue weighted by atomic mass is 32.2. The monoisotopic (exact) mass is 997 g/mol. The third-order valence-electron chi connectivity index (χ3n) is 11.1. The molecule has 8 amide bonds. The van der Waals surface area contributed by atoms with Crippen molar-refractivity contribution in [3.63, 3.8) is 0 Å². The van der Waals surface area contributed by atoms with E-state index in [1.165, 1.54) is 28.4 Å². The van der Waals surface area contributed by atoms with Crippen molar-refractivity contribution in [3.8, 4) is 0 Å². The van der Waals surface area contributed by atoms with Gasteiger partial charge in [-0.25, -0.2) is 4.79 Å². The number of benzene rings is 1. The van der Waals surface area contributed by atoms with E-state index < -0.39 is 121 Å². The van der Waals surface area contributed by atoms with Crippen LogP contribution < -0.4 is 43.0 Å². The molecule has 11 N–H and O–H groups in total. The summed E-state index contributed by atoms with van der Waals surface area (Å²) in [6.45, 7) is 6.27. The first-order valence-electron chi connectivity index (χ1n) is 22.4. The second-order valence-electron chi connectivity index (χ2n) is 16.8. The number of hydrogen-bond acceptors (Lipinski definition) is 14. The molecule has 20 nitrogen and oxygen atoms in total. The Morgan fingerprint density at radius 3 is 1.94 bits per heavy atom. The second kappa shape index (κ2) is 30.7. The number of hydrogen-bond donors (Lipinski definition) is 11. The molecule has 1 fully saturated rings. The lowest BCUT2D eigenvalue weighted by atomic mass is 9.96. The lowest BCUT2D eigenvalue weighted by molar-refractivity contribution is -0.142. The van der Waals surface area contributed by atoms with Gasteiger partial charge in [0, 0.05) is 18.7 Å². The topological polar surface area (TPSA) is 308 Å². The van der Waals surface area contributed by atoms with Crippen LogP contribution in [0, 0.1) is 11.8 Å². The molecule has 1 heterocycles. The zero-order valence-electron chi connectivity index (χ0n) is 39.2. The molecule has 1 aromatic rings. The predicted octanol–water partition coefficient (Wildman–Crippen LogP) is -0.823. The first kappa shape index (κ1) is 58.5. The number of aliphatic carboxylic acids is 1. The third-order valence-corrected chi connectivity index (χ3v) is 12.8. The normalized spacial score (nSPS) is 17.0. The van der Waals surface area contributed by atoms with Crippen molar-refractivity contribution >= 4 is 89.4 Å². The van der Waals surface area contributed by atoms with Gasteiger partial charge in [0.2, 0.25) is 47.3 Å². The number of thioether (sulfide) groups is 2. The number of nitrogens with two attached hydrogens (primary N) is 1. The van der Waals surface area contributed by atoms with Crippen molar-refractivity contribution < 1.29 is 53.4 Å². The van der Waals surface area contributed by atoms with E-state index in [0.717, 1.165) is 0 Å². The Kier molecular flexibility index (Phi) is 26.9. The molecule has 23 heteroatoms. The molecule has 0 saturated carbocycles. The summed E-state index contributed by atoms with van der Waals surface area (Å²) in [7, 11) is 0. The van der Waals surface area contributed by atoms with E-state index in [1.54, 1.807) is 37.3 Å². The van der Waals surface area contributed by atoms with E-state index in [0.29, 0.717) is 29.9 Å². The summed E-state index contributed by atoms with van der Waals surface area (Å²) in [6.07, 6.45) is 5.37. The number of likely N-dealkylation sites (tertiary alicyclic amines) is 1. The van der Waals surface area contributed by atoms with Crippen LogP contribution in [0.2, 0.25) is 0 Å². The van der Waals surface area contributed by atoms with E-state index in [4.69, 9.17) is 5.73 Å². The van der Waals surface area contributed by atoms with Gasteiger partial charge in [-0.3, -0.25) is 38.4 Å². The van der Waals surface area contributed by atoms with E-state index >= 15 is 0 Å². The van der Waals surface area contributed by atoms with Gasteiger partial charge in [0.15, 0.2) is 0 Å². The third kappa shape index (κ3) is 19.9. The van der Waals surface area contributed by atoms with Crippen LogP contribution in [-0.4, -0.2) is 166 Å². The molecule has 0 bridgehead atoms. The molecule has 0 radical (unpaired) electrons. The summed E-state index contributed by atoms with van der Waals surface area (Å²) in [5, 5.41) is 37.3. The Morgan fingerprint density at radius 2 is 1.37 bits per heavy atom. The van der Waals surface area contributed by atoms with Gasteiger partial charge in [-0.2, -0.15) is 36.2 Å². The summed E-state index contributed by atoms with van der Waals surface area (Å²) in [4.78, 5) is 121. The Balaban J connectivity index is 2.21. The molecule has 0 aliphatic carbocycles. The number of aliphatic hydroxyl groups excluding tert-OH is 1. The Hall–Kier alpha value is -4.58. The van der Waals surface area contributed by atoms with Crippen molar-refractivity contribution in [3.05, 3.63) is 35.9 Å². The van der Waals surface area contributed by atoms with Crippen LogP contribution in [-0.2, 0) is 49.6 Å². The van der Waals surface area contributed by atoms with Crippen molar-refractivity contribution in [2.24, 2.45) is 17.6 Å². The Bertz CT molecular complexity index is 1820. The fourth-order valence-corrected chi connectivity index (χ4v) is 8.30. The standard InChI is InChI=1S/C44H71N9O11S3/c1-7-26(4)36(42(61)50-31(21-27-12-9-8-10-13-27)39(58)49-30(44(63)64)16-19-67-6)52-40(59)33(24-65)51-41(60)34-14-11-17-53(34)43(62)32(20-25(2)3)47-35(55)22-46-38(57)29(15-18-66-5)48-37(56)28(45)23-54/h8-10,12-13,25-26,28-34,36,54,65H,7,11,14-24,45H2,1-6H3,(H,46,57)(H,47,55)(H,48,56)(H,49,58)(H,50,61)(H,51,60)(H,52,59)(H,63,64)/t26-,28-,29-,30-,31-,32-,33-,34-,36-/m0/s1. The van der Waals surface area contributed by atoms with Crippen LogP contribution in [0.4, 0.5) is 0 Å². The summed E-state index contributed by atoms with van der Waals surface area (Å²) in [6, 6.07) is -0.370. The molecule has 1 aliphatic rings. The summed E-state index contributed by atoms with van der Waals surface area (Å²) in [5.74, 6) is -6.41. The molecule has 0 aromatic heterocycles. The average molecular weight is 998 g/mol. The van der Waals surface area contributed by atoms with E-state index in [1.807, 2.05) is 33.3 Å². The molecule has 1 aliphatic heterocycles. The first-order chi connectivity index (χ1) is 31.8. The van der Waals surface area contributed by atoms with Crippen LogP contribution in [0.15, 0.2) is 30.3 Å². The molecule has 0 unspecified atom stereocenters. The number of rotatable bonds is 30. The molecule has 2 rings (SSSR count). The minimum absolute atomic E-state index is 0.0289. The van der Waals surface area contributed by atoms with E-state index in [9.17, 15) is 53.4 Å². The van der Waals surface area contributed by atoms with Gasteiger partial charge in [0.25, 0.3) is 0 Å². The maximum Gasteiger partial charge on any atom is 0.326 e. The van der Waals surface area contributed by atoms with Crippen LogP contribution in [0.5, 0.6) is 0 Å². The second-order valence-corrected chi connectivity index (χ2v) is 19.2. The number of nitrogens with one attached hydrogen (secondary N) is 7. The highest BCUT2D eigenvalue weighted by molar-refractivity contribution is 7.98. The Morgan fingerprint density at radius 1 is 0.776 bits per heavy atom. The van der Waals surface area contributed by atoms with Crippen molar-refractivity contribution in [2.45, 2.75) is 121 Å². The fraction of sp³-hybridized carbons (Fsp3) is 0.659. The average Bonchev–Trinajstić information content (AvgIpc) is 3.80. The smallest absolute Gasteiger partial charge is 0.326 e. The largest absolute Gasteiger partial charge is 0.480 e. The maximum absolute atomic E-state index is 14.1. The van der Waals surface area contributed by atoms with Gasteiger partial charge < -0.3 is 58.1 Å². The molecule has 1 aromatic carbocycles. The fourth-order valence-electron chi connectivity index (χ4n) is 7.10. The molecule has 0 spiro atoms. The van der Waals surface area contributed by atoms with Crippen molar-refractivity contribution in [1.29, 1.82) is 0 Å². The van der Waals surface area contributed by atoms with Gasteiger partial charge in [-0.15, -0.1) is 0 Å². The number of aliphatic hydroxyl groups is 1. The molecule has 67 heavy (non-hydrogen) atoms. The number of carboxylic acid groups (broad SMARTS) is 1. The van der Waals surface area contributed by atoms with Crippen LogP contribution in [0.3, 0.4) is 0 Å². The van der Waals surface area contributed by atoms with E-state index in [2.05, 4.69) is 49.8 Å². The number of carboxylic acids is 1. The van der Waals surface area contributed by atoms with Gasteiger partial charge >= 0.3 is 5.97 Å². The minimum Gasteiger partial charge on any atom is -0.480 e. The number of carbonyl (C=O) groups is 9. The lowest BCUT2D eigenvalue weighted by Crippen LogP contribution is -2.61. The maximum atomic E-state index is 14.1. The number of amides is 8. The van der Waals surface area contributed by atoms with Gasteiger partial charge in [-0.05, 0) is 73.5 Å². The van der Waals surface area contributed by atoms with Gasteiger partial charge in [0.05, 0.1) is 13.2 Å². The first-order valence-corrected chi connectivity index (χ1v) is 25.8. The van der Waals surface area contributed by atoms with Crippen molar-refractivity contribution in [1.82, 2.24) is 42.1 Å². The predicted molar refractivity (Wildman–Crippen MR) is 261 cm³/mol. The molecule has 1 saturated heterocycles. The molecule has 9 atom stereocenters. The number of nitrogens with zero attached hydrogens (tertiary/aromatic N) is 1. The van der Waals surface area contributed by atoms with Crippen LogP contribution in [0.1, 0.15) is 71.8 Å². The van der Waals surface area contributed by atoms with Crippen LogP contribution >= 0.6 is 36.2 Å². The van der Waals surface area contributed by atoms with E-state index in [-0.39, 0.29) is 50.3 Å². The SMILES string of the molecule is CC[C@H](C)[C@H](NC(=O)[C@H](CS)NC(=O)[C@@H]1CCCN1C(=O)[C@H](CC(C)C)NC(=O)CNC(=O)[C@H](CCSC)NC(=O)[C@@H](N)CO)C(=O)N[C@@H](Cc1ccccc1)C(=O)N[C@@H](CCSC)C(=O)O. The lowest BCUT2D eigenvalue weighted by Gasteiger charge is -2.31. The minimum atomic E-state index is -1.26. The van der Waals surface area contributed by atoms with Crippen molar-refractivity contribution in [2.75, 3.05) is 49.5 Å². The zero-order chi connectivity index (χ0) is 50.2. The zero-order valence-corrected chi connectivity index (χ0v) is 41.7. The number of thiol groups is 1. The van der Waals surface area contributed by atoms with Gasteiger partial charge in [-0.1, -0.05) is 64.4 Å². The summed E-state index contributed by atoms with van der Waals surface area (Å²) in [5.41, 5.74) is 6.28. The van der Waals surface area contributed by atoms with Crippen LogP contribution in [0.25, 0.3) is 0 Å². The Labute approximate surface area is 407 Å². The molecular weight excluding hydrogens is 927 g/mol. The molecule has 376 valence electrons. The van der Waals surface area contributed by atoms with Gasteiger partial charge in [0.1, 0.15) is 48.3 Å². The summed E-state index contributed by atoms with van der Waals surface area (Å²) >= 11 is 7.18. The number of carbonyl (C=O) groups excluding carboxylic acids is 8.